The van der Waals surface area contributed by atoms with E-state index in [2.05, 4.69) is 9.97 Å². The van der Waals surface area contributed by atoms with Crippen molar-refractivity contribution in [2.24, 2.45) is 0 Å². The van der Waals surface area contributed by atoms with Crippen molar-refractivity contribution >= 4 is 5.97 Å². The molecule has 0 saturated carbocycles. The molecule has 4 nitrogen and oxygen atoms in total. The summed E-state index contributed by atoms with van der Waals surface area (Å²) < 4.78 is 4.99. The smallest absolute Gasteiger partial charge is 0.356 e. The zero-order chi connectivity index (χ0) is 16.1. The standard InChI is InChI=1S/C19H16N2O2/c1-2-23-19(22)18-5-3-4-17(21-18)16-8-6-14(7-9-16)15-10-12-20-13-11-15/h3-13H,2H2,1H3. The van der Waals surface area contributed by atoms with Crippen LogP contribution in [0.25, 0.3) is 22.4 Å². The van der Waals surface area contributed by atoms with Crippen molar-refractivity contribution < 1.29 is 9.53 Å². The lowest BCUT2D eigenvalue weighted by molar-refractivity contribution is 0.0519. The molecule has 23 heavy (non-hydrogen) atoms. The molecule has 0 N–H and O–H groups in total. The first-order valence-electron chi connectivity index (χ1n) is 7.43. The van der Waals surface area contributed by atoms with Crippen LogP contribution < -0.4 is 0 Å². The van der Waals surface area contributed by atoms with Crippen molar-refractivity contribution in [3.05, 3.63) is 72.7 Å². The summed E-state index contributed by atoms with van der Waals surface area (Å²) in [6.45, 7) is 2.12. The summed E-state index contributed by atoms with van der Waals surface area (Å²) in [5.41, 5.74) is 4.24. The van der Waals surface area contributed by atoms with E-state index < -0.39 is 5.97 Å². The van der Waals surface area contributed by atoms with Crippen LogP contribution in [-0.4, -0.2) is 22.5 Å². The molecule has 2 aromatic heterocycles. The molecule has 0 bridgehead atoms. The number of hydrogen-bond acceptors (Lipinski definition) is 4. The Morgan fingerprint density at radius 3 is 2.26 bits per heavy atom. The third-order valence-electron chi connectivity index (χ3n) is 3.43. The maximum Gasteiger partial charge on any atom is 0.356 e. The van der Waals surface area contributed by atoms with E-state index in [-0.39, 0.29) is 0 Å². The van der Waals surface area contributed by atoms with Crippen LogP contribution in [0.1, 0.15) is 17.4 Å². The molecule has 0 saturated heterocycles. The van der Waals surface area contributed by atoms with Crippen molar-refractivity contribution in [3.63, 3.8) is 0 Å². The Morgan fingerprint density at radius 2 is 1.57 bits per heavy atom. The number of carbonyl (C=O) groups excluding carboxylic acids is 1. The van der Waals surface area contributed by atoms with E-state index in [9.17, 15) is 4.79 Å². The summed E-state index contributed by atoms with van der Waals surface area (Å²) in [5.74, 6) is -0.400. The Bertz CT molecular complexity index is 799. The van der Waals surface area contributed by atoms with E-state index in [1.807, 2.05) is 48.5 Å². The van der Waals surface area contributed by atoms with Gasteiger partial charge in [-0.3, -0.25) is 4.98 Å². The molecule has 0 unspecified atom stereocenters. The number of esters is 1. The highest BCUT2D eigenvalue weighted by atomic mass is 16.5. The van der Waals surface area contributed by atoms with Gasteiger partial charge in [-0.25, -0.2) is 9.78 Å². The van der Waals surface area contributed by atoms with Crippen LogP contribution in [0.4, 0.5) is 0 Å². The van der Waals surface area contributed by atoms with E-state index in [1.165, 1.54) is 0 Å². The fourth-order valence-corrected chi connectivity index (χ4v) is 2.29. The van der Waals surface area contributed by atoms with E-state index in [0.717, 1.165) is 22.4 Å². The number of benzene rings is 1. The summed E-state index contributed by atoms with van der Waals surface area (Å²) in [6.07, 6.45) is 3.54. The second kappa shape index (κ2) is 6.83. The normalized spacial score (nSPS) is 10.3. The molecule has 0 amide bonds. The van der Waals surface area contributed by atoms with Gasteiger partial charge in [0.05, 0.1) is 12.3 Å². The molecule has 0 radical (unpaired) electrons. The van der Waals surface area contributed by atoms with Crippen molar-refractivity contribution in [1.82, 2.24) is 9.97 Å². The monoisotopic (exact) mass is 304 g/mol. The molecule has 3 aromatic rings. The van der Waals surface area contributed by atoms with Gasteiger partial charge in [0.25, 0.3) is 0 Å². The number of carbonyl (C=O) groups is 1. The fourth-order valence-electron chi connectivity index (χ4n) is 2.29. The third-order valence-corrected chi connectivity index (χ3v) is 3.43. The van der Waals surface area contributed by atoms with E-state index >= 15 is 0 Å². The lowest BCUT2D eigenvalue weighted by Crippen LogP contribution is -2.07. The number of rotatable bonds is 4. The molecule has 114 valence electrons. The summed E-state index contributed by atoms with van der Waals surface area (Å²) in [7, 11) is 0. The highest BCUT2D eigenvalue weighted by Gasteiger charge is 2.09. The van der Waals surface area contributed by atoms with Gasteiger partial charge in [0, 0.05) is 18.0 Å². The van der Waals surface area contributed by atoms with Gasteiger partial charge in [0.2, 0.25) is 0 Å². The minimum atomic E-state index is -0.400. The quantitative estimate of drug-likeness (QED) is 0.684. The number of pyridine rings is 2. The Hall–Kier alpha value is -3.01. The molecular formula is C19H16N2O2. The van der Waals surface area contributed by atoms with Crippen molar-refractivity contribution in [2.75, 3.05) is 6.61 Å². The average Bonchev–Trinajstić information content (AvgIpc) is 2.63. The molecule has 0 fully saturated rings. The predicted octanol–water partition coefficient (Wildman–Crippen LogP) is 3.99. The number of aromatic nitrogens is 2. The Labute approximate surface area is 134 Å². The van der Waals surface area contributed by atoms with Gasteiger partial charge in [-0.15, -0.1) is 0 Å². The van der Waals surface area contributed by atoms with Crippen molar-refractivity contribution in [2.45, 2.75) is 6.92 Å². The van der Waals surface area contributed by atoms with Crippen LogP contribution in [0.5, 0.6) is 0 Å². The average molecular weight is 304 g/mol. The lowest BCUT2D eigenvalue weighted by Gasteiger charge is -2.06. The molecule has 4 heteroatoms. The maximum atomic E-state index is 11.8. The Morgan fingerprint density at radius 1 is 0.913 bits per heavy atom. The largest absolute Gasteiger partial charge is 0.461 e. The maximum absolute atomic E-state index is 11.8. The summed E-state index contributed by atoms with van der Waals surface area (Å²) >= 11 is 0. The Balaban J connectivity index is 1.88. The van der Waals surface area contributed by atoms with Crippen LogP contribution in [0.3, 0.4) is 0 Å². The Kier molecular flexibility index (Phi) is 4.43. The van der Waals surface area contributed by atoms with E-state index in [1.54, 1.807) is 25.4 Å². The summed E-state index contributed by atoms with van der Waals surface area (Å²) in [4.78, 5) is 20.2. The molecule has 0 aliphatic carbocycles. The first-order chi connectivity index (χ1) is 11.3. The second-order valence-electron chi connectivity index (χ2n) is 4.94. The van der Waals surface area contributed by atoms with Gasteiger partial charge < -0.3 is 4.74 Å². The molecule has 0 spiro atoms. The van der Waals surface area contributed by atoms with Crippen LogP contribution in [0.15, 0.2) is 67.0 Å². The minimum absolute atomic E-state index is 0.322. The second-order valence-corrected chi connectivity index (χ2v) is 4.94. The lowest BCUT2D eigenvalue weighted by atomic mass is 10.0. The molecular weight excluding hydrogens is 288 g/mol. The first kappa shape index (κ1) is 14.9. The first-order valence-corrected chi connectivity index (χ1v) is 7.43. The molecule has 2 heterocycles. The van der Waals surface area contributed by atoms with E-state index in [4.69, 9.17) is 4.74 Å². The van der Waals surface area contributed by atoms with Crippen molar-refractivity contribution in [3.8, 4) is 22.4 Å². The fraction of sp³-hybridized carbons (Fsp3) is 0.105. The third kappa shape index (κ3) is 3.43. The summed E-state index contributed by atoms with van der Waals surface area (Å²) in [5, 5.41) is 0. The van der Waals surface area contributed by atoms with Crippen molar-refractivity contribution in [1.29, 1.82) is 0 Å². The van der Waals surface area contributed by atoms with Gasteiger partial charge in [-0.05, 0) is 42.3 Å². The summed E-state index contributed by atoms with van der Waals surface area (Å²) in [6, 6.07) is 17.3. The molecule has 1 aromatic carbocycles. The molecule has 0 aliphatic heterocycles. The zero-order valence-corrected chi connectivity index (χ0v) is 12.8. The highest BCUT2D eigenvalue weighted by molar-refractivity contribution is 5.88. The van der Waals surface area contributed by atoms with E-state index in [0.29, 0.717) is 12.3 Å². The van der Waals surface area contributed by atoms with Crippen LogP contribution in [0.2, 0.25) is 0 Å². The van der Waals surface area contributed by atoms with Crippen LogP contribution in [0, 0.1) is 0 Å². The minimum Gasteiger partial charge on any atom is -0.461 e. The number of nitrogens with zero attached hydrogens (tertiary/aromatic N) is 2. The molecule has 0 atom stereocenters. The SMILES string of the molecule is CCOC(=O)c1cccc(-c2ccc(-c3ccncc3)cc2)n1. The van der Waals surface area contributed by atoms with Crippen LogP contribution >= 0.6 is 0 Å². The van der Waals surface area contributed by atoms with Gasteiger partial charge in [0.15, 0.2) is 0 Å². The van der Waals surface area contributed by atoms with Crippen LogP contribution in [-0.2, 0) is 4.74 Å². The molecule has 3 rings (SSSR count). The predicted molar refractivity (Wildman–Crippen MR) is 88.9 cm³/mol. The van der Waals surface area contributed by atoms with Gasteiger partial charge >= 0.3 is 5.97 Å². The number of ether oxygens (including phenoxy) is 1. The highest BCUT2D eigenvalue weighted by Crippen LogP contribution is 2.23. The number of hydrogen-bond donors (Lipinski definition) is 0. The topological polar surface area (TPSA) is 52.1 Å². The van der Waals surface area contributed by atoms with Gasteiger partial charge in [-0.1, -0.05) is 30.3 Å². The molecule has 0 aliphatic rings. The zero-order valence-electron chi connectivity index (χ0n) is 12.8. The van der Waals surface area contributed by atoms with Gasteiger partial charge in [0.1, 0.15) is 5.69 Å². The van der Waals surface area contributed by atoms with Gasteiger partial charge in [-0.2, -0.15) is 0 Å².